The summed E-state index contributed by atoms with van der Waals surface area (Å²) in [4.78, 5) is 15.1. The van der Waals surface area contributed by atoms with E-state index in [1.807, 2.05) is 0 Å². The minimum atomic E-state index is 0.265. The van der Waals surface area contributed by atoms with Gasteiger partial charge in [0.1, 0.15) is 0 Å². The van der Waals surface area contributed by atoms with Gasteiger partial charge in [-0.2, -0.15) is 0 Å². The number of aryl methyl sites for hydroxylation is 2. The maximum absolute atomic E-state index is 2.64. The Bertz CT molecular complexity index is 1990. The molecule has 7 aliphatic rings. The normalized spacial score (nSPS) is 22.1. The molecule has 11 rings (SSSR count). The molecule has 4 heterocycles. The number of hydrogen-bond donors (Lipinski definition) is 0. The molecule has 46 heavy (non-hydrogen) atoms. The fraction of sp³-hybridized carbons (Fsp3) is 0.400. The van der Waals surface area contributed by atoms with Gasteiger partial charge in [-0.05, 0) is 126 Å². The molecule has 2 unspecified atom stereocenters. The number of hydrogen-bond acceptors (Lipinski definition) is 6. The van der Waals surface area contributed by atoms with Crippen molar-refractivity contribution in [2.24, 2.45) is 0 Å². The lowest BCUT2D eigenvalue weighted by Crippen LogP contribution is -2.46. The van der Waals surface area contributed by atoms with Gasteiger partial charge in [0.25, 0.3) is 0 Å². The van der Waals surface area contributed by atoms with Crippen LogP contribution >= 0.6 is 0 Å². The second-order valence-corrected chi connectivity index (χ2v) is 15.2. The molecule has 4 aromatic carbocycles. The number of anilines is 4. The number of rotatable bonds is 1. The molecule has 4 aromatic rings. The largest absolute Gasteiger partial charge is 0.361 e. The molecule has 0 aromatic heterocycles. The molecule has 0 fully saturated rings. The van der Waals surface area contributed by atoms with E-state index < -0.39 is 0 Å². The third-order valence-corrected chi connectivity index (χ3v) is 12.0. The summed E-state index contributed by atoms with van der Waals surface area (Å²) in [6, 6.07) is 20.5. The smallest absolute Gasteiger partial charge is 0.0910 e. The molecule has 2 atom stereocenters. The number of benzene rings is 4. The van der Waals surface area contributed by atoms with Crippen molar-refractivity contribution in [3.8, 4) is 0 Å². The zero-order chi connectivity index (χ0) is 31.2. The van der Waals surface area contributed by atoms with Crippen molar-refractivity contribution in [1.82, 2.24) is 9.80 Å². The van der Waals surface area contributed by atoms with E-state index in [0.29, 0.717) is 0 Å². The number of nitrogens with zero attached hydrogens (tertiary/aromatic N) is 6. The van der Waals surface area contributed by atoms with Crippen molar-refractivity contribution in [1.29, 1.82) is 0 Å². The van der Waals surface area contributed by atoms with E-state index in [2.05, 4.69) is 120 Å². The molecule has 0 saturated carbocycles. The van der Waals surface area contributed by atoms with Gasteiger partial charge in [0, 0.05) is 74.4 Å². The van der Waals surface area contributed by atoms with E-state index in [9.17, 15) is 0 Å². The van der Waals surface area contributed by atoms with Crippen LogP contribution in [0.25, 0.3) is 0 Å². The first kappa shape index (κ1) is 27.1. The minimum absolute atomic E-state index is 0.265. The molecule has 0 radical (unpaired) electrons. The topological polar surface area (TPSA) is 19.4 Å². The minimum Gasteiger partial charge on any atom is -0.361 e. The van der Waals surface area contributed by atoms with Crippen LogP contribution in [0.15, 0.2) is 48.5 Å². The molecule has 0 spiro atoms. The highest BCUT2D eigenvalue weighted by molar-refractivity contribution is 5.78. The van der Waals surface area contributed by atoms with Gasteiger partial charge < -0.3 is 19.6 Å². The molecule has 6 nitrogen and oxygen atoms in total. The Labute approximate surface area is 273 Å². The average Bonchev–Trinajstić information content (AvgIpc) is 3.02. The monoisotopic (exact) mass is 608 g/mol. The Balaban J connectivity index is 1.18. The van der Waals surface area contributed by atoms with Gasteiger partial charge in [0.05, 0.1) is 20.0 Å². The highest BCUT2D eigenvalue weighted by Gasteiger charge is 2.45. The average molecular weight is 609 g/mol. The van der Waals surface area contributed by atoms with Crippen LogP contribution in [0.2, 0.25) is 0 Å². The SMILES string of the molecule is CCN1CN(C)Cc2cc3c(cc21)C1c2cc4c(cc2C3c2cc3c(cc21)N(C)CN(C)C3)N1Cc2cc(C)c(C)cc2N(C4)C1. The summed E-state index contributed by atoms with van der Waals surface area (Å²) >= 11 is 0. The van der Waals surface area contributed by atoms with Crippen LogP contribution in [0.5, 0.6) is 0 Å². The Morgan fingerprint density at radius 2 is 0.957 bits per heavy atom. The maximum atomic E-state index is 2.64. The molecule has 0 N–H and O–H groups in total. The summed E-state index contributed by atoms with van der Waals surface area (Å²) in [5.74, 6) is 0.534. The summed E-state index contributed by atoms with van der Waals surface area (Å²) < 4.78 is 0. The van der Waals surface area contributed by atoms with Crippen LogP contribution in [0.1, 0.15) is 85.5 Å². The number of fused-ring (bicyclic) bond motifs is 8. The molecule has 4 bridgehead atoms. The van der Waals surface area contributed by atoms with Crippen LogP contribution in [0, 0.1) is 13.8 Å². The molecule has 4 aliphatic heterocycles. The Kier molecular flexibility index (Phi) is 5.49. The van der Waals surface area contributed by atoms with Crippen LogP contribution in [-0.2, 0) is 26.2 Å². The summed E-state index contributed by atoms with van der Waals surface area (Å²) in [5.41, 5.74) is 23.6. The highest BCUT2D eigenvalue weighted by Crippen LogP contribution is 2.59. The lowest BCUT2D eigenvalue weighted by atomic mass is 9.60. The summed E-state index contributed by atoms with van der Waals surface area (Å²) in [6.45, 7) is 14.8. The Morgan fingerprint density at radius 3 is 1.59 bits per heavy atom. The standard InChI is InChI=1S/C40H44N6/c1-7-44-21-42(5)17-27-11-30-33(14-37(27)44)40-31-12-28-19-45-22-46(18-25-8-23(2)24(3)9-36(25)45)38(28)15-34(31)39(30)29-10-26-16-41(4)20-43(6)35(26)13-32(29)40/h8-15,39-40H,7,16-22H2,1-6H3. The Hall–Kier alpha value is -4.00. The van der Waals surface area contributed by atoms with Crippen molar-refractivity contribution in [2.45, 2.75) is 58.8 Å². The van der Waals surface area contributed by atoms with Crippen molar-refractivity contribution in [3.63, 3.8) is 0 Å². The first-order valence-electron chi connectivity index (χ1n) is 17.2. The van der Waals surface area contributed by atoms with Crippen LogP contribution in [-0.4, -0.2) is 57.5 Å². The summed E-state index contributed by atoms with van der Waals surface area (Å²) in [6.07, 6.45) is 0. The van der Waals surface area contributed by atoms with Crippen LogP contribution in [0.3, 0.4) is 0 Å². The van der Waals surface area contributed by atoms with Gasteiger partial charge in [-0.15, -0.1) is 0 Å². The first-order chi connectivity index (χ1) is 22.2. The van der Waals surface area contributed by atoms with Crippen LogP contribution in [0.4, 0.5) is 22.7 Å². The molecule has 0 saturated heterocycles. The summed E-state index contributed by atoms with van der Waals surface area (Å²) in [7, 11) is 6.76. The fourth-order valence-corrected chi connectivity index (χ4v) is 9.91. The van der Waals surface area contributed by atoms with Crippen molar-refractivity contribution in [2.75, 3.05) is 67.3 Å². The van der Waals surface area contributed by atoms with Crippen molar-refractivity contribution < 1.29 is 0 Å². The third kappa shape index (κ3) is 3.60. The molecule has 0 amide bonds. The van der Waals surface area contributed by atoms with Gasteiger partial charge in [0.2, 0.25) is 0 Å². The van der Waals surface area contributed by atoms with E-state index in [1.165, 1.54) is 83.9 Å². The predicted octanol–water partition coefficient (Wildman–Crippen LogP) is 6.66. The second-order valence-electron chi connectivity index (χ2n) is 15.2. The molecular weight excluding hydrogens is 564 g/mol. The zero-order valence-corrected chi connectivity index (χ0v) is 28.1. The van der Waals surface area contributed by atoms with Crippen LogP contribution < -0.4 is 19.6 Å². The lowest BCUT2D eigenvalue weighted by molar-refractivity contribution is 0.310. The third-order valence-electron chi connectivity index (χ3n) is 12.0. The molecule has 234 valence electrons. The van der Waals surface area contributed by atoms with Gasteiger partial charge in [-0.3, -0.25) is 9.80 Å². The van der Waals surface area contributed by atoms with Crippen molar-refractivity contribution >= 4 is 22.7 Å². The molecule has 6 heteroatoms. The zero-order valence-electron chi connectivity index (χ0n) is 28.1. The van der Waals surface area contributed by atoms with E-state index in [-0.39, 0.29) is 11.8 Å². The van der Waals surface area contributed by atoms with Gasteiger partial charge >= 0.3 is 0 Å². The van der Waals surface area contributed by atoms with E-state index in [1.54, 1.807) is 5.56 Å². The molecule has 3 aliphatic carbocycles. The quantitative estimate of drug-likeness (QED) is 0.207. The fourth-order valence-electron chi connectivity index (χ4n) is 9.91. The van der Waals surface area contributed by atoms with E-state index in [4.69, 9.17) is 0 Å². The van der Waals surface area contributed by atoms with Gasteiger partial charge in [0.15, 0.2) is 0 Å². The lowest BCUT2D eigenvalue weighted by Gasteiger charge is -2.49. The van der Waals surface area contributed by atoms with E-state index in [0.717, 1.165) is 52.7 Å². The Morgan fingerprint density at radius 1 is 0.500 bits per heavy atom. The molecular formula is C40H44N6. The van der Waals surface area contributed by atoms with Gasteiger partial charge in [-0.25, -0.2) is 0 Å². The maximum Gasteiger partial charge on any atom is 0.0910 e. The van der Waals surface area contributed by atoms with E-state index >= 15 is 0 Å². The summed E-state index contributed by atoms with van der Waals surface area (Å²) in [5, 5.41) is 0. The second kappa shape index (κ2) is 9.30. The van der Waals surface area contributed by atoms with Crippen molar-refractivity contribution in [3.05, 3.63) is 115 Å². The predicted molar refractivity (Wildman–Crippen MR) is 188 cm³/mol. The first-order valence-corrected chi connectivity index (χ1v) is 17.2. The van der Waals surface area contributed by atoms with Gasteiger partial charge in [-0.1, -0.05) is 24.3 Å². The highest BCUT2D eigenvalue weighted by atomic mass is 15.4.